The van der Waals surface area contributed by atoms with Crippen molar-refractivity contribution in [2.45, 2.75) is 18.7 Å². The lowest BCUT2D eigenvalue weighted by Crippen LogP contribution is -2.21. The number of nitriles is 1. The smallest absolute Gasteiger partial charge is 0.326 e. The molecule has 2 heterocycles. The molecule has 0 radical (unpaired) electrons. The Morgan fingerprint density at radius 2 is 1.94 bits per heavy atom. The van der Waals surface area contributed by atoms with Gasteiger partial charge in [-0.2, -0.15) is 8.42 Å². The fourth-order valence-corrected chi connectivity index (χ4v) is 4.57. The van der Waals surface area contributed by atoms with Gasteiger partial charge >= 0.3 is 16.4 Å². The van der Waals surface area contributed by atoms with Gasteiger partial charge in [0.2, 0.25) is 0 Å². The molecule has 12 heteroatoms. The summed E-state index contributed by atoms with van der Waals surface area (Å²) < 4.78 is 27.7. The molecule has 2 aromatic carbocycles. The number of nitrogens with zero attached hydrogens (tertiary/aromatic N) is 3. The molecule has 0 aliphatic rings. The van der Waals surface area contributed by atoms with Crippen molar-refractivity contribution in [2.75, 3.05) is 11.1 Å². The van der Waals surface area contributed by atoms with E-state index in [1.807, 2.05) is 30.3 Å². The average Bonchev–Trinajstić information content (AvgIpc) is 2.79. The van der Waals surface area contributed by atoms with Gasteiger partial charge in [-0.25, -0.2) is 9.97 Å². The van der Waals surface area contributed by atoms with Crippen LogP contribution in [0.5, 0.6) is 0 Å². The third-order valence-electron chi connectivity index (χ3n) is 5.14. The van der Waals surface area contributed by atoms with Crippen molar-refractivity contribution in [1.82, 2.24) is 15.0 Å². The van der Waals surface area contributed by atoms with Crippen LogP contribution in [0.25, 0.3) is 22.2 Å². The second kappa shape index (κ2) is 9.61. The Labute approximate surface area is 205 Å². The summed E-state index contributed by atoms with van der Waals surface area (Å²) in [7, 11) is -4.21. The Kier molecular flexibility index (Phi) is 6.59. The molecule has 2 aromatic heterocycles. The lowest BCUT2D eigenvalue weighted by molar-refractivity contribution is 0.457. The molecule has 0 aliphatic heterocycles. The summed E-state index contributed by atoms with van der Waals surface area (Å²) in [4.78, 5) is 25.0. The summed E-state index contributed by atoms with van der Waals surface area (Å²) in [5.41, 5.74) is 7.89. The second-order valence-electron chi connectivity index (χ2n) is 7.61. The topological polar surface area (TPSA) is 164 Å². The standard InChI is InChI=1S/C23H19ClN6O4S/c1-13(27-18-10-17(26)28-19(29-18)11-35(32,33)34-12-25)20-21(14-6-3-2-4-7-14)30-22-15(23(20)31)8-5-9-16(22)24/h2-10,13H,11H2,1H3,(H,30,31)(H3,26,27,28,29)/t13-/m1/s1. The number of aromatic amines is 1. The molecule has 4 rings (SSSR count). The van der Waals surface area contributed by atoms with Gasteiger partial charge in [0, 0.05) is 17.0 Å². The van der Waals surface area contributed by atoms with Crippen LogP contribution < -0.4 is 16.5 Å². The first-order chi connectivity index (χ1) is 16.7. The summed E-state index contributed by atoms with van der Waals surface area (Å²) >= 11 is 6.36. The van der Waals surface area contributed by atoms with Gasteiger partial charge in [0.05, 0.1) is 22.3 Å². The number of nitrogen functional groups attached to an aromatic ring is 1. The highest BCUT2D eigenvalue weighted by atomic mass is 35.5. The first-order valence-electron chi connectivity index (χ1n) is 10.3. The van der Waals surface area contributed by atoms with E-state index < -0.39 is 21.9 Å². The number of fused-ring (bicyclic) bond motifs is 1. The van der Waals surface area contributed by atoms with Crippen LogP contribution in [-0.2, 0) is 20.1 Å². The van der Waals surface area contributed by atoms with Gasteiger partial charge in [0.1, 0.15) is 17.4 Å². The molecule has 35 heavy (non-hydrogen) atoms. The number of pyridine rings is 1. The Balaban J connectivity index is 1.80. The highest BCUT2D eigenvalue weighted by Gasteiger charge is 2.22. The van der Waals surface area contributed by atoms with Crippen molar-refractivity contribution in [3.8, 4) is 17.5 Å². The molecule has 0 saturated heterocycles. The number of hydrogen-bond donors (Lipinski definition) is 3. The van der Waals surface area contributed by atoms with Crippen LogP contribution in [0.3, 0.4) is 0 Å². The monoisotopic (exact) mass is 510 g/mol. The lowest BCUT2D eigenvalue weighted by Gasteiger charge is -2.20. The molecular formula is C23H19ClN6O4S. The van der Waals surface area contributed by atoms with Crippen LogP contribution in [0, 0.1) is 11.5 Å². The van der Waals surface area contributed by atoms with Crippen LogP contribution in [0.15, 0.2) is 59.4 Å². The van der Waals surface area contributed by atoms with E-state index in [1.165, 1.54) is 6.07 Å². The SMILES string of the molecule is C[C@@H](Nc1cc(N)nc(CS(=O)(=O)OC#N)n1)c1c(-c2ccccc2)[nH]c2c(Cl)cccc2c1=O. The zero-order valence-corrected chi connectivity index (χ0v) is 19.9. The summed E-state index contributed by atoms with van der Waals surface area (Å²) in [6.07, 6.45) is 1.12. The third-order valence-corrected chi connectivity index (χ3v) is 6.40. The highest BCUT2D eigenvalue weighted by molar-refractivity contribution is 7.86. The first-order valence-corrected chi connectivity index (χ1v) is 12.2. The van der Waals surface area contributed by atoms with Gasteiger partial charge in [-0.3, -0.25) is 4.79 Å². The molecule has 0 saturated carbocycles. The van der Waals surface area contributed by atoms with Crippen LogP contribution in [0.2, 0.25) is 5.02 Å². The summed E-state index contributed by atoms with van der Waals surface area (Å²) in [6, 6.07) is 15.2. The van der Waals surface area contributed by atoms with E-state index >= 15 is 0 Å². The molecule has 1 atom stereocenters. The lowest BCUT2D eigenvalue weighted by atomic mass is 9.98. The van der Waals surface area contributed by atoms with Crippen molar-refractivity contribution in [1.29, 1.82) is 5.26 Å². The summed E-state index contributed by atoms with van der Waals surface area (Å²) in [6.45, 7) is 1.76. The second-order valence-corrected chi connectivity index (χ2v) is 9.59. The molecule has 10 nitrogen and oxygen atoms in total. The van der Waals surface area contributed by atoms with Crippen molar-refractivity contribution >= 4 is 44.3 Å². The minimum atomic E-state index is -4.21. The number of H-pyrrole nitrogens is 1. The van der Waals surface area contributed by atoms with E-state index in [4.69, 9.17) is 22.6 Å². The maximum atomic E-state index is 13.6. The number of hydrogen-bond acceptors (Lipinski definition) is 9. The van der Waals surface area contributed by atoms with Crippen molar-refractivity contribution < 1.29 is 12.6 Å². The van der Waals surface area contributed by atoms with Gasteiger partial charge in [-0.1, -0.05) is 48.0 Å². The highest BCUT2D eigenvalue weighted by Crippen LogP contribution is 2.30. The predicted molar refractivity (Wildman–Crippen MR) is 133 cm³/mol. The Hall–Kier alpha value is -4.14. The van der Waals surface area contributed by atoms with Gasteiger partial charge in [-0.05, 0) is 24.6 Å². The molecule has 0 amide bonds. The average molecular weight is 511 g/mol. The molecule has 0 spiro atoms. The number of para-hydroxylation sites is 1. The van der Waals surface area contributed by atoms with E-state index in [1.54, 1.807) is 25.1 Å². The van der Waals surface area contributed by atoms with Crippen molar-refractivity contribution in [3.05, 3.63) is 81.2 Å². The van der Waals surface area contributed by atoms with Crippen LogP contribution in [-0.4, -0.2) is 23.4 Å². The van der Waals surface area contributed by atoms with Crippen molar-refractivity contribution in [3.63, 3.8) is 0 Å². The molecule has 0 aliphatic carbocycles. The van der Waals surface area contributed by atoms with E-state index in [2.05, 4.69) is 24.5 Å². The number of nitrogens with two attached hydrogens (primary N) is 1. The predicted octanol–water partition coefficient (Wildman–Crippen LogP) is 3.72. The number of halogens is 1. The Morgan fingerprint density at radius 3 is 2.66 bits per heavy atom. The number of benzene rings is 2. The largest absolute Gasteiger partial charge is 0.384 e. The fraction of sp³-hybridized carbons (Fsp3) is 0.130. The first kappa shape index (κ1) is 24.0. The number of rotatable bonds is 7. The molecular weight excluding hydrogens is 492 g/mol. The van der Waals surface area contributed by atoms with Gasteiger partial charge in [0.25, 0.3) is 0 Å². The molecule has 4 N–H and O–H groups in total. The Morgan fingerprint density at radius 1 is 1.20 bits per heavy atom. The van der Waals surface area contributed by atoms with E-state index in [0.29, 0.717) is 27.2 Å². The number of aromatic nitrogens is 3. The molecule has 0 fully saturated rings. The molecule has 0 bridgehead atoms. The minimum Gasteiger partial charge on any atom is -0.384 e. The normalized spacial score (nSPS) is 12.1. The summed E-state index contributed by atoms with van der Waals surface area (Å²) in [5.74, 6) is -0.729. The minimum absolute atomic E-state index is 0.000608. The fourth-order valence-electron chi connectivity index (χ4n) is 3.73. The third kappa shape index (κ3) is 5.18. The van der Waals surface area contributed by atoms with E-state index in [0.717, 1.165) is 11.8 Å². The molecule has 178 valence electrons. The maximum absolute atomic E-state index is 13.6. The van der Waals surface area contributed by atoms with Crippen LogP contribution in [0.1, 0.15) is 24.4 Å². The van der Waals surface area contributed by atoms with E-state index in [-0.39, 0.29) is 22.9 Å². The quantitative estimate of drug-likeness (QED) is 0.248. The maximum Gasteiger partial charge on any atom is 0.326 e. The summed E-state index contributed by atoms with van der Waals surface area (Å²) in [5, 5.41) is 12.4. The number of nitrogens with one attached hydrogen (secondary N) is 2. The molecule has 0 unspecified atom stereocenters. The Bertz CT molecular complexity index is 1620. The zero-order valence-electron chi connectivity index (χ0n) is 18.3. The van der Waals surface area contributed by atoms with Crippen LogP contribution in [0.4, 0.5) is 11.6 Å². The van der Waals surface area contributed by atoms with Crippen molar-refractivity contribution in [2.24, 2.45) is 0 Å². The van der Waals surface area contributed by atoms with Crippen LogP contribution >= 0.6 is 11.6 Å². The zero-order chi connectivity index (χ0) is 25.2. The van der Waals surface area contributed by atoms with Gasteiger partial charge in [-0.15, -0.1) is 5.26 Å². The molecule has 4 aromatic rings. The van der Waals surface area contributed by atoms with Gasteiger partial charge < -0.3 is 20.2 Å². The van der Waals surface area contributed by atoms with Gasteiger partial charge in [0.15, 0.2) is 11.3 Å². The number of anilines is 2. The van der Waals surface area contributed by atoms with E-state index in [9.17, 15) is 13.2 Å².